The maximum absolute atomic E-state index is 12.2. The number of pyridine rings is 1. The Balaban J connectivity index is 1.95. The van der Waals surface area contributed by atoms with Gasteiger partial charge in [-0.05, 0) is 0 Å². The number of nitrogens with zero attached hydrogens (tertiary/aromatic N) is 2. The van der Waals surface area contributed by atoms with E-state index in [9.17, 15) is 13.2 Å². The minimum Gasteiger partial charge on any atom is -0.310 e. The molecule has 2 aromatic rings. The number of anilines is 1. The van der Waals surface area contributed by atoms with Gasteiger partial charge in [0.05, 0.1) is 17.6 Å². The first-order valence-corrected chi connectivity index (χ1v) is 8.97. The summed E-state index contributed by atoms with van der Waals surface area (Å²) in [4.78, 5) is 17.9. The van der Waals surface area contributed by atoms with Crippen molar-refractivity contribution < 1.29 is 13.2 Å². The first kappa shape index (κ1) is 14.3. The number of hydrogen-bond donors (Lipinski definition) is 0. The van der Waals surface area contributed by atoms with Gasteiger partial charge in [-0.2, -0.15) is 0 Å². The summed E-state index contributed by atoms with van der Waals surface area (Å²) in [6, 6.07) is 7.65. The average Bonchev–Trinajstić information content (AvgIpc) is 2.76. The molecule has 0 spiro atoms. The molecule has 3 rings (SSSR count). The largest absolute Gasteiger partial charge is 0.310 e. The van der Waals surface area contributed by atoms with Gasteiger partial charge in [-0.3, -0.25) is 9.78 Å². The molecule has 1 aliphatic rings. The molecule has 1 atom stereocenters. The molecule has 110 valence electrons. The highest BCUT2D eigenvalue weighted by atomic mass is 35.7. The van der Waals surface area contributed by atoms with Gasteiger partial charge in [0.1, 0.15) is 0 Å². The highest BCUT2D eigenvalue weighted by molar-refractivity contribution is 8.13. The molecule has 5 nitrogen and oxygen atoms in total. The second-order valence-electron chi connectivity index (χ2n) is 5.16. The SMILES string of the molecule is O=C1CC(CS(=O)(=O)Cl)CN1c1cncc2ccccc12. The lowest BCUT2D eigenvalue weighted by Crippen LogP contribution is -2.25. The highest BCUT2D eigenvalue weighted by Crippen LogP contribution is 2.31. The van der Waals surface area contributed by atoms with Gasteiger partial charge >= 0.3 is 0 Å². The van der Waals surface area contributed by atoms with Crippen molar-refractivity contribution in [3.8, 4) is 0 Å². The van der Waals surface area contributed by atoms with Crippen LogP contribution in [0.2, 0.25) is 0 Å². The zero-order valence-corrected chi connectivity index (χ0v) is 12.6. The van der Waals surface area contributed by atoms with Crippen molar-refractivity contribution in [1.82, 2.24) is 4.98 Å². The van der Waals surface area contributed by atoms with Crippen molar-refractivity contribution in [1.29, 1.82) is 0 Å². The Morgan fingerprint density at radius 1 is 1.29 bits per heavy atom. The zero-order chi connectivity index (χ0) is 15.0. The van der Waals surface area contributed by atoms with Crippen molar-refractivity contribution >= 4 is 42.1 Å². The molecule has 1 unspecified atom stereocenters. The third-order valence-corrected chi connectivity index (χ3v) is 4.83. The minimum absolute atomic E-state index is 0.0986. The first-order valence-electron chi connectivity index (χ1n) is 6.49. The van der Waals surface area contributed by atoms with Crippen LogP contribution in [-0.4, -0.2) is 31.6 Å². The molecular formula is C14H13ClN2O3S. The van der Waals surface area contributed by atoms with Gasteiger partial charge in [0.25, 0.3) is 0 Å². The predicted octanol–water partition coefficient (Wildman–Crippen LogP) is 2.16. The van der Waals surface area contributed by atoms with Gasteiger partial charge in [-0.1, -0.05) is 24.3 Å². The first-order chi connectivity index (χ1) is 9.94. The van der Waals surface area contributed by atoms with E-state index < -0.39 is 9.05 Å². The summed E-state index contributed by atoms with van der Waals surface area (Å²) >= 11 is 0. The fourth-order valence-corrected chi connectivity index (χ4v) is 4.04. The topological polar surface area (TPSA) is 67.3 Å². The van der Waals surface area contributed by atoms with E-state index >= 15 is 0 Å². The van der Waals surface area contributed by atoms with Gasteiger partial charge in [0.15, 0.2) is 0 Å². The van der Waals surface area contributed by atoms with Crippen LogP contribution in [0.3, 0.4) is 0 Å². The molecule has 2 heterocycles. The van der Waals surface area contributed by atoms with E-state index in [4.69, 9.17) is 10.7 Å². The summed E-state index contributed by atoms with van der Waals surface area (Å²) in [5.74, 6) is -0.563. The summed E-state index contributed by atoms with van der Waals surface area (Å²) in [6.07, 6.45) is 3.56. The fraction of sp³-hybridized carbons (Fsp3) is 0.286. The molecule has 1 aliphatic heterocycles. The van der Waals surface area contributed by atoms with E-state index in [-0.39, 0.29) is 24.0 Å². The van der Waals surface area contributed by atoms with Crippen LogP contribution in [0.4, 0.5) is 5.69 Å². The zero-order valence-electron chi connectivity index (χ0n) is 11.1. The monoisotopic (exact) mass is 324 g/mol. The molecule has 1 aromatic carbocycles. The Hall–Kier alpha value is -1.66. The summed E-state index contributed by atoms with van der Waals surface area (Å²) in [7, 11) is 1.68. The molecule has 0 radical (unpaired) electrons. The maximum Gasteiger partial charge on any atom is 0.232 e. The van der Waals surface area contributed by atoms with Gasteiger partial charge in [0, 0.05) is 46.5 Å². The summed E-state index contributed by atoms with van der Waals surface area (Å²) in [5.41, 5.74) is 0.715. The molecular weight excluding hydrogens is 312 g/mol. The Kier molecular flexibility index (Phi) is 3.59. The molecule has 7 heteroatoms. The summed E-state index contributed by atoms with van der Waals surface area (Å²) < 4.78 is 22.3. The van der Waals surface area contributed by atoms with Crippen LogP contribution < -0.4 is 4.90 Å². The fourth-order valence-electron chi connectivity index (χ4n) is 2.72. The number of rotatable bonds is 3. The molecule has 21 heavy (non-hydrogen) atoms. The number of aromatic nitrogens is 1. The number of amides is 1. The maximum atomic E-state index is 12.2. The Morgan fingerprint density at radius 3 is 2.81 bits per heavy atom. The van der Waals surface area contributed by atoms with E-state index in [1.807, 2.05) is 24.3 Å². The average molecular weight is 325 g/mol. The summed E-state index contributed by atoms with van der Waals surface area (Å²) in [5, 5.41) is 1.87. The Bertz CT molecular complexity index is 801. The van der Waals surface area contributed by atoms with Crippen LogP contribution in [0.5, 0.6) is 0 Å². The third kappa shape index (κ3) is 3.01. The Morgan fingerprint density at radius 2 is 2.05 bits per heavy atom. The number of hydrogen-bond acceptors (Lipinski definition) is 4. The van der Waals surface area contributed by atoms with Gasteiger partial charge in [-0.25, -0.2) is 8.42 Å². The summed E-state index contributed by atoms with van der Waals surface area (Å²) in [6.45, 7) is 0.348. The van der Waals surface area contributed by atoms with Gasteiger partial charge in [0.2, 0.25) is 15.0 Å². The number of carbonyl (C=O) groups is 1. The molecule has 1 saturated heterocycles. The van der Waals surface area contributed by atoms with E-state index in [1.165, 1.54) is 0 Å². The molecule has 0 aliphatic carbocycles. The van der Waals surface area contributed by atoms with Crippen molar-refractivity contribution in [2.75, 3.05) is 17.2 Å². The van der Waals surface area contributed by atoms with Crippen LogP contribution in [0, 0.1) is 5.92 Å². The van der Waals surface area contributed by atoms with Crippen LogP contribution in [0.25, 0.3) is 10.8 Å². The lowest BCUT2D eigenvalue weighted by Gasteiger charge is -2.18. The van der Waals surface area contributed by atoms with Crippen molar-refractivity contribution in [3.63, 3.8) is 0 Å². The van der Waals surface area contributed by atoms with Crippen molar-refractivity contribution in [2.24, 2.45) is 5.92 Å². The molecule has 0 N–H and O–H groups in total. The lowest BCUT2D eigenvalue weighted by atomic mass is 10.1. The van der Waals surface area contributed by atoms with Crippen LogP contribution >= 0.6 is 10.7 Å². The van der Waals surface area contributed by atoms with E-state index in [0.29, 0.717) is 12.2 Å². The molecule has 0 saturated carbocycles. The highest BCUT2D eigenvalue weighted by Gasteiger charge is 2.33. The molecule has 1 amide bonds. The third-order valence-electron chi connectivity index (χ3n) is 3.58. The van der Waals surface area contributed by atoms with Crippen molar-refractivity contribution in [2.45, 2.75) is 6.42 Å². The number of benzene rings is 1. The van der Waals surface area contributed by atoms with Gasteiger partial charge < -0.3 is 4.90 Å². The lowest BCUT2D eigenvalue weighted by molar-refractivity contribution is -0.117. The quantitative estimate of drug-likeness (QED) is 0.811. The Labute approximate surface area is 127 Å². The minimum atomic E-state index is -3.60. The van der Waals surface area contributed by atoms with E-state index in [0.717, 1.165) is 10.8 Å². The number of carbonyl (C=O) groups excluding carboxylic acids is 1. The van der Waals surface area contributed by atoms with Crippen LogP contribution in [0.15, 0.2) is 36.7 Å². The normalized spacial score (nSPS) is 19.4. The van der Waals surface area contributed by atoms with Crippen molar-refractivity contribution in [3.05, 3.63) is 36.7 Å². The molecule has 0 bridgehead atoms. The smallest absolute Gasteiger partial charge is 0.232 e. The second kappa shape index (κ2) is 5.27. The van der Waals surface area contributed by atoms with E-state index in [1.54, 1.807) is 17.3 Å². The van der Waals surface area contributed by atoms with Crippen LogP contribution in [-0.2, 0) is 13.8 Å². The number of fused-ring (bicyclic) bond motifs is 1. The standard InChI is InChI=1S/C14H13ClN2O3S/c15-21(19,20)9-10-5-14(18)17(8-10)13-7-16-6-11-3-1-2-4-12(11)13/h1-4,6-7,10H,5,8-9H2. The molecule has 1 fully saturated rings. The second-order valence-corrected chi connectivity index (χ2v) is 7.98. The number of halogens is 1. The predicted molar refractivity (Wildman–Crippen MR) is 81.8 cm³/mol. The van der Waals surface area contributed by atoms with E-state index in [2.05, 4.69) is 4.98 Å². The molecule has 1 aromatic heterocycles. The van der Waals surface area contributed by atoms with Gasteiger partial charge in [-0.15, -0.1) is 0 Å². The van der Waals surface area contributed by atoms with Crippen LogP contribution in [0.1, 0.15) is 6.42 Å².